The van der Waals surface area contributed by atoms with Gasteiger partial charge in [0, 0.05) is 12.5 Å². The fraction of sp³-hybridized carbons (Fsp3) is 0.500. The molecule has 2 aromatic rings. The first-order valence-electron chi connectivity index (χ1n) is 7.27. The highest BCUT2D eigenvalue weighted by molar-refractivity contribution is 6.01. The predicted octanol–water partition coefficient (Wildman–Crippen LogP) is 2.99. The van der Waals surface area contributed by atoms with E-state index in [1.807, 2.05) is 6.07 Å². The second kappa shape index (κ2) is 4.84. The second-order valence-corrected chi connectivity index (χ2v) is 6.24. The number of carboxylic acid groups (broad SMARTS) is 1. The molecule has 1 aliphatic heterocycles. The molecule has 1 unspecified atom stereocenters. The molecule has 21 heavy (non-hydrogen) atoms. The molecule has 5 heteroatoms. The van der Waals surface area contributed by atoms with Crippen LogP contribution in [0.5, 0.6) is 0 Å². The molecule has 1 N–H and O–H groups in total. The summed E-state index contributed by atoms with van der Waals surface area (Å²) in [7, 11) is 0. The standard InChI is InChI=1S/C16H20N2O3/c1-10(2)14-17-12-6-4-5-11(15(19)20)13(12)18(14)16(3)7-8-21-9-16/h4-6,10H,7-9H2,1-3H3,(H,19,20). The highest BCUT2D eigenvalue weighted by Gasteiger charge is 2.36. The number of carbonyl (C=O) groups is 1. The number of benzene rings is 1. The van der Waals surface area contributed by atoms with Gasteiger partial charge in [-0.3, -0.25) is 0 Å². The first-order valence-corrected chi connectivity index (χ1v) is 7.27. The second-order valence-electron chi connectivity index (χ2n) is 6.24. The highest BCUT2D eigenvalue weighted by Crippen LogP contribution is 2.36. The van der Waals surface area contributed by atoms with Crippen LogP contribution in [0.15, 0.2) is 18.2 Å². The molecule has 0 radical (unpaired) electrons. The van der Waals surface area contributed by atoms with E-state index in [0.717, 1.165) is 17.8 Å². The van der Waals surface area contributed by atoms with E-state index in [0.29, 0.717) is 24.3 Å². The Morgan fingerprint density at radius 2 is 2.24 bits per heavy atom. The topological polar surface area (TPSA) is 64.3 Å². The van der Waals surface area contributed by atoms with Crippen molar-refractivity contribution in [2.24, 2.45) is 0 Å². The van der Waals surface area contributed by atoms with Crippen LogP contribution >= 0.6 is 0 Å². The maximum absolute atomic E-state index is 11.6. The lowest BCUT2D eigenvalue weighted by molar-refractivity contribution is 0.0698. The van der Waals surface area contributed by atoms with Gasteiger partial charge >= 0.3 is 5.97 Å². The van der Waals surface area contributed by atoms with Gasteiger partial charge in [-0.15, -0.1) is 0 Å². The number of para-hydroxylation sites is 1. The largest absolute Gasteiger partial charge is 0.478 e. The van der Waals surface area contributed by atoms with Crippen LogP contribution in [0.25, 0.3) is 11.0 Å². The van der Waals surface area contributed by atoms with Gasteiger partial charge in [-0.05, 0) is 25.5 Å². The van der Waals surface area contributed by atoms with E-state index in [2.05, 4.69) is 30.3 Å². The molecule has 0 spiro atoms. The zero-order valence-electron chi connectivity index (χ0n) is 12.6. The van der Waals surface area contributed by atoms with Gasteiger partial charge in [-0.2, -0.15) is 0 Å². The third-order valence-corrected chi connectivity index (χ3v) is 4.19. The molecule has 112 valence electrons. The summed E-state index contributed by atoms with van der Waals surface area (Å²) in [5.74, 6) is 0.225. The predicted molar refractivity (Wildman–Crippen MR) is 79.9 cm³/mol. The van der Waals surface area contributed by atoms with Gasteiger partial charge in [0.2, 0.25) is 0 Å². The summed E-state index contributed by atoms with van der Waals surface area (Å²) in [6.07, 6.45) is 0.867. The molecule has 2 heterocycles. The lowest BCUT2D eigenvalue weighted by Gasteiger charge is -2.28. The summed E-state index contributed by atoms with van der Waals surface area (Å²) in [5.41, 5.74) is 1.52. The molecule has 0 bridgehead atoms. The van der Waals surface area contributed by atoms with E-state index in [9.17, 15) is 9.90 Å². The van der Waals surface area contributed by atoms with Gasteiger partial charge in [0.05, 0.1) is 28.7 Å². The number of rotatable bonds is 3. The van der Waals surface area contributed by atoms with Crippen LogP contribution in [0, 0.1) is 0 Å². The summed E-state index contributed by atoms with van der Waals surface area (Å²) < 4.78 is 7.67. The molecular weight excluding hydrogens is 268 g/mol. The number of nitrogens with zero attached hydrogens (tertiary/aromatic N) is 2. The van der Waals surface area contributed by atoms with Gasteiger partial charge in [0.1, 0.15) is 5.82 Å². The fourth-order valence-corrected chi connectivity index (χ4v) is 3.08. The molecule has 3 rings (SSSR count). The Bertz CT molecular complexity index is 697. The maximum Gasteiger partial charge on any atom is 0.337 e. The van der Waals surface area contributed by atoms with Crippen LogP contribution in [0.1, 0.15) is 49.3 Å². The van der Waals surface area contributed by atoms with Gasteiger partial charge < -0.3 is 14.4 Å². The Labute approximate surface area is 123 Å². The van der Waals surface area contributed by atoms with Crippen molar-refractivity contribution in [2.45, 2.75) is 38.6 Å². The summed E-state index contributed by atoms with van der Waals surface area (Å²) in [4.78, 5) is 16.3. The van der Waals surface area contributed by atoms with Crippen molar-refractivity contribution < 1.29 is 14.6 Å². The van der Waals surface area contributed by atoms with Gasteiger partial charge in [-0.1, -0.05) is 19.9 Å². The molecule has 1 aromatic carbocycles. The summed E-state index contributed by atoms with van der Waals surface area (Å²) in [5, 5.41) is 9.51. The summed E-state index contributed by atoms with van der Waals surface area (Å²) in [6, 6.07) is 5.27. The Morgan fingerprint density at radius 1 is 1.48 bits per heavy atom. The average molecular weight is 288 g/mol. The molecule has 5 nitrogen and oxygen atoms in total. The number of aromatic nitrogens is 2. The molecule has 1 saturated heterocycles. The molecule has 0 amide bonds. The monoisotopic (exact) mass is 288 g/mol. The van der Waals surface area contributed by atoms with Gasteiger partial charge in [0.25, 0.3) is 0 Å². The van der Waals surface area contributed by atoms with E-state index in [1.165, 1.54) is 0 Å². The molecule has 1 atom stereocenters. The molecule has 0 saturated carbocycles. The van der Waals surface area contributed by atoms with Crippen molar-refractivity contribution in [3.63, 3.8) is 0 Å². The van der Waals surface area contributed by atoms with Crippen LogP contribution < -0.4 is 0 Å². The van der Waals surface area contributed by atoms with Crippen LogP contribution in [0.3, 0.4) is 0 Å². The van der Waals surface area contributed by atoms with Crippen molar-refractivity contribution in [1.82, 2.24) is 9.55 Å². The van der Waals surface area contributed by atoms with Gasteiger partial charge in [0.15, 0.2) is 0 Å². The Morgan fingerprint density at radius 3 is 2.81 bits per heavy atom. The third-order valence-electron chi connectivity index (χ3n) is 4.19. The van der Waals surface area contributed by atoms with E-state index in [-0.39, 0.29) is 11.5 Å². The number of imidazole rings is 1. The number of hydrogen-bond acceptors (Lipinski definition) is 3. The van der Waals surface area contributed by atoms with Crippen molar-refractivity contribution in [2.75, 3.05) is 13.2 Å². The van der Waals surface area contributed by atoms with Crippen molar-refractivity contribution in [3.05, 3.63) is 29.6 Å². The SMILES string of the molecule is CC(C)c1nc2cccc(C(=O)O)c2n1C1(C)CCOC1. The van der Waals surface area contributed by atoms with Crippen molar-refractivity contribution in [1.29, 1.82) is 0 Å². The van der Waals surface area contributed by atoms with Crippen molar-refractivity contribution in [3.8, 4) is 0 Å². The zero-order chi connectivity index (χ0) is 15.2. The minimum absolute atomic E-state index is 0.219. The number of carboxylic acids is 1. The number of fused-ring (bicyclic) bond motifs is 1. The molecule has 1 fully saturated rings. The van der Waals surface area contributed by atoms with E-state index >= 15 is 0 Å². The summed E-state index contributed by atoms with van der Waals surface area (Å²) in [6.45, 7) is 7.56. The van der Waals surface area contributed by atoms with Crippen LogP contribution in [0.4, 0.5) is 0 Å². The number of ether oxygens (including phenoxy) is 1. The molecular formula is C16H20N2O3. The Kier molecular flexibility index (Phi) is 3.24. The Hall–Kier alpha value is -1.88. The molecule has 1 aromatic heterocycles. The van der Waals surface area contributed by atoms with Gasteiger partial charge in [-0.25, -0.2) is 9.78 Å². The summed E-state index contributed by atoms with van der Waals surface area (Å²) >= 11 is 0. The minimum Gasteiger partial charge on any atom is -0.478 e. The van der Waals surface area contributed by atoms with Crippen LogP contribution in [0.2, 0.25) is 0 Å². The number of aromatic carboxylic acids is 1. The molecule has 0 aliphatic carbocycles. The van der Waals surface area contributed by atoms with E-state index < -0.39 is 5.97 Å². The minimum atomic E-state index is -0.917. The zero-order valence-corrected chi connectivity index (χ0v) is 12.6. The van der Waals surface area contributed by atoms with E-state index in [1.54, 1.807) is 12.1 Å². The Balaban J connectivity index is 2.38. The third kappa shape index (κ3) is 2.12. The first-order chi connectivity index (χ1) is 9.94. The van der Waals surface area contributed by atoms with E-state index in [4.69, 9.17) is 4.74 Å². The average Bonchev–Trinajstić information content (AvgIpc) is 3.02. The molecule has 1 aliphatic rings. The van der Waals surface area contributed by atoms with Crippen LogP contribution in [-0.2, 0) is 10.3 Å². The lowest BCUT2D eigenvalue weighted by atomic mass is 9.99. The number of hydrogen-bond donors (Lipinski definition) is 1. The normalized spacial score (nSPS) is 22.3. The maximum atomic E-state index is 11.6. The van der Waals surface area contributed by atoms with Crippen molar-refractivity contribution >= 4 is 17.0 Å². The first kappa shape index (κ1) is 14.1. The lowest BCUT2D eigenvalue weighted by Crippen LogP contribution is -2.32. The fourth-order valence-electron chi connectivity index (χ4n) is 3.08. The quantitative estimate of drug-likeness (QED) is 0.943. The smallest absolute Gasteiger partial charge is 0.337 e. The highest BCUT2D eigenvalue weighted by atomic mass is 16.5. The van der Waals surface area contributed by atoms with Crippen LogP contribution in [-0.4, -0.2) is 33.8 Å².